The average Bonchev–Trinajstić information content (AvgIpc) is 2.46. The monoisotopic (exact) mass is 255 g/mol. The van der Waals surface area contributed by atoms with E-state index in [0.717, 1.165) is 0 Å². The molecule has 0 radical (unpaired) electrons. The molecule has 0 aliphatic rings. The van der Waals surface area contributed by atoms with E-state index >= 15 is 0 Å². The lowest BCUT2D eigenvalue weighted by molar-refractivity contribution is 0.0951. The molecule has 96 valence electrons. The van der Waals surface area contributed by atoms with Gasteiger partial charge >= 0.3 is 7.12 Å². The van der Waals surface area contributed by atoms with E-state index in [0.29, 0.717) is 16.6 Å². The SMILES string of the molecule is O=C(NCc1ccccc1B(O)O)c1ccccc1. The van der Waals surface area contributed by atoms with Crippen LogP contribution in [-0.2, 0) is 6.54 Å². The Morgan fingerprint density at radius 3 is 2.32 bits per heavy atom. The number of rotatable bonds is 4. The van der Waals surface area contributed by atoms with Crippen LogP contribution in [0.4, 0.5) is 0 Å². The fourth-order valence-corrected chi connectivity index (χ4v) is 1.81. The smallest absolute Gasteiger partial charge is 0.423 e. The zero-order chi connectivity index (χ0) is 13.7. The fourth-order valence-electron chi connectivity index (χ4n) is 1.81. The molecule has 0 saturated carbocycles. The quantitative estimate of drug-likeness (QED) is 0.688. The summed E-state index contributed by atoms with van der Waals surface area (Å²) >= 11 is 0. The van der Waals surface area contributed by atoms with Crippen LogP contribution in [0.5, 0.6) is 0 Å². The first-order valence-corrected chi connectivity index (χ1v) is 5.95. The molecule has 5 heteroatoms. The standard InChI is InChI=1S/C14H14BNO3/c17-14(11-6-2-1-3-7-11)16-10-12-8-4-5-9-13(12)15(18)19/h1-9,18-19H,10H2,(H,16,17). The maximum Gasteiger partial charge on any atom is 0.488 e. The van der Waals surface area contributed by atoms with Gasteiger partial charge in [-0.2, -0.15) is 0 Å². The lowest BCUT2D eigenvalue weighted by Gasteiger charge is -2.10. The molecule has 0 aliphatic heterocycles. The van der Waals surface area contributed by atoms with Gasteiger partial charge in [-0.1, -0.05) is 42.5 Å². The van der Waals surface area contributed by atoms with Gasteiger partial charge in [-0.05, 0) is 23.2 Å². The van der Waals surface area contributed by atoms with Gasteiger partial charge in [-0.15, -0.1) is 0 Å². The molecular formula is C14H14BNO3. The summed E-state index contributed by atoms with van der Waals surface area (Å²) in [5.74, 6) is -0.192. The normalized spacial score (nSPS) is 10.0. The molecule has 19 heavy (non-hydrogen) atoms. The van der Waals surface area contributed by atoms with Crippen molar-refractivity contribution in [2.45, 2.75) is 6.54 Å². The Labute approximate surface area is 111 Å². The second-order valence-electron chi connectivity index (χ2n) is 4.12. The van der Waals surface area contributed by atoms with E-state index < -0.39 is 7.12 Å². The van der Waals surface area contributed by atoms with E-state index in [1.54, 1.807) is 48.5 Å². The van der Waals surface area contributed by atoms with Crippen molar-refractivity contribution in [3.05, 3.63) is 65.7 Å². The molecule has 2 rings (SSSR count). The summed E-state index contributed by atoms with van der Waals surface area (Å²) in [7, 11) is -1.54. The number of nitrogens with one attached hydrogen (secondary N) is 1. The molecule has 2 aromatic rings. The fraction of sp³-hybridized carbons (Fsp3) is 0.0714. The molecule has 0 bridgehead atoms. The first-order valence-electron chi connectivity index (χ1n) is 5.95. The molecule has 1 amide bonds. The Morgan fingerprint density at radius 2 is 1.63 bits per heavy atom. The first-order chi connectivity index (χ1) is 9.18. The van der Waals surface area contributed by atoms with Crippen molar-refractivity contribution in [3.63, 3.8) is 0 Å². The molecule has 0 fully saturated rings. The van der Waals surface area contributed by atoms with E-state index in [1.807, 2.05) is 6.07 Å². The zero-order valence-corrected chi connectivity index (χ0v) is 10.3. The largest absolute Gasteiger partial charge is 0.488 e. The van der Waals surface area contributed by atoms with E-state index in [-0.39, 0.29) is 12.5 Å². The minimum atomic E-state index is -1.54. The second kappa shape index (κ2) is 6.18. The molecule has 2 aromatic carbocycles. The maximum absolute atomic E-state index is 11.9. The molecule has 0 aromatic heterocycles. The van der Waals surface area contributed by atoms with Crippen LogP contribution in [0.1, 0.15) is 15.9 Å². The highest BCUT2D eigenvalue weighted by molar-refractivity contribution is 6.59. The molecular weight excluding hydrogens is 241 g/mol. The Balaban J connectivity index is 2.05. The van der Waals surface area contributed by atoms with Gasteiger partial charge in [-0.25, -0.2) is 0 Å². The van der Waals surface area contributed by atoms with Crippen LogP contribution in [0.25, 0.3) is 0 Å². The first kappa shape index (κ1) is 13.3. The van der Waals surface area contributed by atoms with E-state index in [9.17, 15) is 14.8 Å². The topological polar surface area (TPSA) is 69.6 Å². The number of carbonyl (C=O) groups is 1. The third kappa shape index (κ3) is 3.43. The lowest BCUT2D eigenvalue weighted by atomic mass is 9.77. The average molecular weight is 255 g/mol. The summed E-state index contributed by atoms with van der Waals surface area (Å²) in [4.78, 5) is 11.9. The van der Waals surface area contributed by atoms with E-state index in [2.05, 4.69) is 5.32 Å². The van der Waals surface area contributed by atoms with Gasteiger partial charge < -0.3 is 15.4 Å². The number of hydrogen-bond donors (Lipinski definition) is 3. The Morgan fingerprint density at radius 1 is 1.00 bits per heavy atom. The van der Waals surface area contributed by atoms with Crippen LogP contribution in [0.2, 0.25) is 0 Å². The predicted octanol–water partition coefficient (Wildman–Crippen LogP) is 0.296. The molecule has 0 saturated heterocycles. The zero-order valence-electron chi connectivity index (χ0n) is 10.3. The van der Waals surface area contributed by atoms with Crippen molar-refractivity contribution < 1.29 is 14.8 Å². The number of carbonyl (C=O) groups excluding carboxylic acids is 1. The third-order valence-electron chi connectivity index (χ3n) is 2.81. The highest BCUT2D eigenvalue weighted by Crippen LogP contribution is 2.00. The molecule has 0 heterocycles. The molecule has 3 N–H and O–H groups in total. The van der Waals surface area contributed by atoms with Crippen LogP contribution in [0, 0.1) is 0 Å². The third-order valence-corrected chi connectivity index (χ3v) is 2.81. The molecule has 0 atom stereocenters. The second-order valence-corrected chi connectivity index (χ2v) is 4.12. The molecule has 0 aliphatic carbocycles. The van der Waals surface area contributed by atoms with Crippen LogP contribution >= 0.6 is 0 Å². The summed E-state index contributed by atoms with van der Waals surface area (Å²) in [6.07, 6.45) is 0. The summed E-state index contributed by atoms with van der Waals surface area (Å²) in [5, 5.41) is 21.2. The van der Waals surface area contributed by atoms with Gasteiger partial charge in [0.2, 0.25) is 0 Å². The highest BCUT2D eigenvalue weighted by Gasteiger charge is 2.15. The van der Waals surface area contributed by atoms with Gasteiger partial charge in [-0.3, -0.25) is 4.79 Å². The lowest BCUT2D eigenvalue weighted by Crippen LogP contribution is -2.35. The van der Waals surface area contributed by atoms with Gasteiger partial charge in [0.05, 0.1) is 0 Å². The molecule has 0 unspecified atom stereocenters. The van der Waals surface area contributed by atoms with Crippen LogP contribution < -0.4 is 10.8 Å². The van der Waals surface area contributed by atoms with Gasteiger partial charge in [0.25, 0.3) is 5.91 Å². The Hall–Kier alpha value is -2.11. The highest BCUT2D eigenvalue weighted by atomic mass is 16.4. The van der Waals surface area contributed by atoms with Crippen molar-refractivity contribution >= 4 is 18.5 Å². The van der Waals surface area contributed by atoms with Crippen LogP contribution in [0.15, 0.2) is 54.6 Å². The van der Waals surface area contributed by atoms with Crippen LogP contribution in [0.3, 0.4) is 0 Å². The van der Waals surface area contributed by atoms with E-state index in [4.69, 9.17) is 0 Å². The van der Waals surface area contributed by atoms with Crippen molar-refractivity contribution in [1.29, 1.82) is 0 Å². The summed E-state index contributed by atoms with van der Waals surface area (Å²) < 4.78 is 0. The van der Waals surface area contributed by atoms with Crippen LogP contribution in [-0.4, -0.2) is 23.1 Å². The number of hydrogen-bond acceptors (Lipinski definition) is 3. The molecule has 4 nitrogen and oxygen atoms in total. The van der Waals surface area contributed by atoms with Gasteiger partial charge in [0.1, 0.15) is 0 Å². The molecule has 0 spiro atoms. The van der Waals surface area contributed by atoms with Crippen molar-refractivity contribution in [3.8, 4) is 0 Å². The van der Waals surface area contributed by atoms with Gasteiger partial charge in [0.15, 0.2) is 0 Å². The maximum atomic E-state index is 11.9. The Kier molecular flexibility index (Phi) is 4.33. The minimum absolute atomic E-state index is 0.192. The van der Waals surface area contributed by atoms with E-state index in [1.165, 1.54) is 0 Å². The summed E-state index contributed by atoms with van der Waals surface area (Å²) in [6, 6.07) is 15.8. The number of amides is 1. The summed E-state index contributed by atoms with van der Waals surface area (Å²) in [5.41, 5.74) is 1.65. The van der Waals surface area contributed by atoms with Gasteiger partial charge in [0, 0.05) is 12.1 Å². The Bertz CT molecular complexity index is 558. The van der Waals surface area contributed by atoms with Crippen molar-refractivity contribution in [1.82, 2.24) is 5.32 Å². The minimum Gasteiger partial charge on any atom is -0.423 e. The summed E-state index contributed by atoms with van der Waals surface area (Å²) in [6.45, 7) is 0.252. The van der Waals surface area contributed by atoms with Crippen molar-refractivity contribution in [2.24, 2.45) is 0 Å². The predicted molar refractivity (Wildman–Crippen MR) is 73.9 cm³/mol. The van der Waals surface area contributed by atoms with Crippen molar-refractivity contribution in [2.75, 3.05) is 0 Å². The number of benzene rings is 2.